The van der Waals surface area contributed by atoms with Gasteiger partial charge < -0.3 is 15.4 Å². The Labute approximate surface area is 119 Å². The highest BCUT2D eigenvalue weighted by atomic mass is 16.5. The number of nitrogens with one attached hydrogen (secondary N) is 2. The van der Waals surface area contributed by atoms with Crippen molar-refractivity contribution in [1.29, 1.82) is 0 Å². The van der Waals surface area contributed by atoms with Crippen LogP contribution in [0.2, 0.25) is 0 Å². The van der Waals surface area contributed by atoms with E-state index in [0.29, 0.717) is 23.7 Å². The number of hydrogen-bond donors (Lipinski definition) is 2. The van der Waals surface area contributed by atoms with E-state index in [9.17, 15) is 9.59 Å². The molecule has 0 aliphatic rings. The fourth-order valence-electron chi connectivity index (χ4n) is 1.73. The summed E-state index contributed by atoms with van der Waals surface area (Å²) in [5.74, 6) is -0.561. The number of esters is 1. The number of methoxy groups -OCH3 is 1. The van der Waals surface area contributed by atoms with E-state index < -0.39 is 5.97 Å². The second-order valence-corrected chi connectivity index (χ2v) is 4.80. The first-order chi connectivity index (χ1) is 9.54. The maximum atomic E-state index is 11.8. The van der Waals surface area contributed by atoms with Crippen molar-refractivity contribution in [1.82, 2.24) is 5.32 Å². The van der Waals surface area contributed by atoms with E-state index in [1.807, 2.05) is 0 Å². The third-order valence-electron chi connectivity index (χ3n) is 2.74. The van der Waals surface area contributed by atoms with Gasteiger partial charge in [0.2, 0.25) is 5.91 Å². The number of hydrogen-bond acceptors (Lipinski definition) is 4. The number of carbonyl (C=O) groups is 2. The molecule has 1 rings (SSSR count). The molecule has 0 fully saturated rings. The van der Waals surface area contributed by atoms with Gasteiger partial charge in [0.1, 0.15) is 0 Å². The molecular weight excluding hydrogens is 256 g/mol. The molecule has 1 aromatic carbocycles. The van der Waals surface area contributed by atoms with Gasteiger partial charge in [-0.15, -0.1) is 0 Å². The van der Waals surface area contributed by atoms with Gasteiger partial charge in [0.15, 0.2) is 0 Å². The zero-order valence-corrected chi connectivity index (χ0v) is 12.2. The molecular formula is C15H22N2O3. The standard InChI is InChI=1S/C15H22N2O3/c1-11(2)16-10-6-9-14(18)17-13-8-5-4-7-12(13)15(19)20-3/h4-5,7-8,11,16H,6,9-10H2,1-3H3,(H,17,18). The zero-order chi connectivity index (χ0) is 15.0. The molecule has 0 unspecified atom stereocenters. The van der Waals surface area contributed by atoms with E-state index >= 15 is 0 Å². The van der Waals surface area contributed by atoms with Crippen molar-refractivity contribution < 1.29 is 14.3 Å². The Kier molecular flexibility index (Phi) is 6.73. The van der Waals surface area contributed by atoms with Crippen LogP contribution in [-0.4, -0.2) is 31.6 Å². The molecule has 0 atom stereocenters. The summed E-state index contributed by atoms with van der Waals surface area (Å²) in [4.78, 5) is 23.4. The molecule has 0 bridgehead atoms. The van der Waals surface area contributed by atoms with Crippen LogP contribution < -0.4 is 10.6 Å². The number of ether oxygens (including phenoxy) is 1. The molecule has 0 saturated heterocycles. The Morgan fingerprint density at radius 3 is 2.60 bits per heavy atom. The lowest BCUT2D eigenvalue weighted by molar-refractivity contribution is -0.116. The first-order valence-corrected chi connectivity index (χ1v) is 6.75. The zero-order valence-electron chi connectivity index (χ0n) is 12.2. The van der Waals surface area contributed by atoms with Gasteiger partial charge in [0.05, 0.1) is 18.4 Å². The summed E-state index contributed by atoms with van der Waals surface area (Å²) in [6, 6.07) is 7.23. The van der Waals surface area contributed by atoms with Crippen LogP contribution in [0.5, 0.6) is 0 Å². The molecule has 5 nitrogen and oxygen atoms in total. The summed E-state index contributed by atoms with van der Waals surface area (Å²) < 4.78 is 4.68. The number of benzene rings is 1. The predicted molar refractivity (Wildman–Crippen MR) is 78.8 cm³/mol. The fourth-order valence-corrected chi connectivity index (χ4v) is 1.73. The minimum absolute atomic E-state index is 0.105. The van der Waals surface area contributed by atoms with Crippen LogP contribution in [0.3, 0.4) is 0 Å². The lowest BCUT2D eigenvalue weighted by Crippen LogP contribution is -2.25. The second kappa shape index (κ2) is 8.32. The number of anilines is 1. The Morgan fingerprint density at radius 2 is 1.95 bits per heavy atom. The number of amides is 1. The third-order valence-corrected chi connectivity index (χ3v) is 2.74. The van der Waals surface area contributed by atoms with Crippen molar-refractivity contribution in [2.24, 2.45) is 0 Å². The van der Waals surface area contributed by atoms with Crippen molar-refractivity contribution in [3.63, 3.8) is 0 Å². The van der Waals surface area contributed by atoms with Crippen LogP contribution in [0.25, 0.3) is 0 Å². The Hall–Kier alpha value is -1.88. The summed E-state index contributed by atoms with van der Waals surface area (Å²) in [5, 5.41) is 6.00. The maximum absolute atomic E-state index is 11.8. The van der Waals surface area contributed by atoms with Gasteiger partial charge in [-0.05, 0) is 25.1 Å². The maximum Gasteiger partial charge on any atom is 0.339 e. The molecule has 1 aromatic rings. The molecule has 0 spiro atoms. The van der Waals surface area contributed by atoms with Crippen molar-refractivity contribution >= 4 is 17.6 Å². The molecule has 0 radical (unpaired) electrons. The predicted octanol–water partition coefficient (Wildman–Crippen LogP) is 2.19. The SMILES string of the molecule is COC(=O)c1ccccc1NC(=O)CCCNC(C)C. The first-order valence-electron chi connectivity index (χ1n) is 6.75. The Balaban J connectivity index is 2.51. The molecule has 110 valence electrons. The normalized spacial score (nSPS) is 10.4. The van der Waals surface area contributed by atoms with E-state index in [-0.39, 0.29) is 5.91 Å². The quantitative estimate of drug-likeness (QED) is 0.592. The van der Waals surface area contributed by atoms with Gasteiger partial charge in [-0.3, -0.25) is 4.79 Å². The molecule has 2 N–H and O–H groups in total. The molecule has 0 aliphatic carbocycles. The fraction of sp³-hybridized carbons (Fsp3) is 0.467. The third kappa shape index (κ3) is 5.40. The monoisotopic (exact) mass is 278 g/mol. The van der Waals surface area contributed by atoms with Gasteiger partial charge in [-0.25, -0.2) is 4.79 Å². The highest BCUT2D eigenvalue weighted by Crippen LogP contribution is 2.16. The van der Waals surface area contributed by atoms with Crippen LogP contribution in [0.1, 0.15) is 37.0 Å². The summed E-state index contributed by atoms with van der Waals surface area (Å²) in [6.07, 6.45) is 1.17. The summed E-state index contributed by atoms with van der Waals surface area (Å²) >= 11 is 0. The summed E-state index contributed by atoms with van der Waals surface area (Å²) in [5.41, 5.74) is 0.852. The van der Waals surface area contributed by atoms with Crippen LogP contribution >= 0.6 is 0 Å². The van der Waals surface area contributed by atoms with Crippen LogP contribution in [0.4, 0.5) is 5.69 Å². The van der Waals surface area contributed by atoms with Gasteiger partial charge in [0, 0.05) is 12.5 Å². The largest absolute Gasteiger partial charge is 0.465 e. The van der Waals surface area contributed by atoms with E-state index in [2.05, 4.69) is 29.2 Å². The molecule has 0 aliphatic heterocycles. The molecule has 0 heterocycles. The highest BCUT2D eigenvalue weighted by Gasteiger charge is 2.12. The average molecular weight is 278 g/mol. The molecule has 0 saturated carbocycles. The molecule has 20 heavy (non-hydrogen) atoms. The van der Waals surface area contributed by atoms with E-state index in [4.69, 9.17) is 0 Å². The molecule has 1 amide bonds. The lowest BCUT2D eigenvalue weighted by Gasteiger charge is -2.10. The minimum atomic E-state index is -0.456. The van der Waals surface area contributed by atoms with Crippen LogP contribution in [-0.2, 0) is 9.53 Å². The Bertz CT molecular complexity index is 458. The Morgan fingerprint density at radius 1 is 1.25 bits per heavy atom. The van der Waals surface area contributed by atoms with Crippen LogP contribution in [0, 0.1) is 0 Å². The average Bonchev–Trinajstić information content (AvgIpc) is 2.43. The van der Waals surface area contributed by atoms with Gasteiger partial charge in [-0.1, -0.05) is 26.0 Å². The van der Waals surface area contributed by atoms with E-state index in [1.165, 1.54) is 7.11 Å². The van der Waals surface area contributed by atoms with E-state index in [0.717, 1.165) is 13.0 Å². The first kappa shape index (κ1) is 16.2. The molecule has 0 aromatic heterocycles. The topological polar surface area (TPSA) is 67.4 Å². The van der Waals surface area contributed by atoms with Gasteiger partial charge in [-0.2, -0.15) is 0 Å². The molecule has 5 heteroatoms. The van der Waals surface area contributed by atoms with Crippen molar-refractivity contribution in [3.05, 3.63) is 29.8 Å². The van der Waals surface area contributed by atoms with Crippen molar-refractivity contribution in [2.45, 2.75) is 32.7 Å². The smallest absolute Gasteiger partial charge is 0.339 e. The summed E-state index contributed by atoms with van der Waals surface area (Å²) in [6.45, 7) is 4.92. The lowest BCUT2D eigenvalue weighted by atomic mass is 10.1. The van der Waals surface area contributed by atoms with E-state index in [1.54, 1.807) is 24.3 Å². The minimum Gasteiger partial charge on any atom is -0.465 e. The second-order valence-electron chi connectivity index (χ2n) is 4.80. The highest BCUT2D eigenvalue weighted by molar-refractivity contribution is 6.01. The number of carbonyl (C=O) groups excluding carboxylic acids is 2. The summed E-state index contributed by atoms with van der Waals surface area (Å²) in [7, 11) is 1.32. The van der Waals surface area contributed by atoms with Crippen molar-refractivity contribution in [3.8, 4) is 0 Å². The van der Waals surface area contributed by atoms with Crippen molar-refractivity contribution in [2.75, 3.05) is 19.0 Å². The number of para-hydroxylation sites is 1. The number of rotatable bonds is 7. The van der Waals surface area contributed by atoms with Gasteiger partial charge in [0.25, 0.3) is 0 Å². The van der Waals surface area contributed by atoms with Crippen LogP contribution in [0.15, 0.2) is 24.3 Å². The van der Waals surface area contributed by atoms with Gasteiger partial charge >= 0.3 is 5.97 Å².